The normalized spacial score (nSPS) is 20.0. The first-order valence-electron chi connectivity index (χ1n) is 8.28. The van der Waals surface area contributed by atoms with Crippen molar-refractivity contribution in [1.29, 1.82) is 0 Å². The van der Waals surface area contributed by atoms with Crippen LogP contribution in [0.25, 0.3) is 0 Å². The lowest BCUT2D eigenvalue weighted by Crippen LogP contribution is -2.44. The average Bonchev–Trinajstić information content (AvgIpc) is 3.12. The minimum atomic E-state index is -3.40. The number of carbonyl (C=O) groups is 1. The van der Waals surface area contributed by atoms with Gasteiger partial charge < -0.3 is 5.32 Å². The molecule has 1 fully saturated rings. The van der Waals surface area contributed by atoms with Crippen LogP contribution in [0.15, 0.2) is 59.5 Å². The van der Waals surface area contributed by atoms with E-state index in [1.54, 1.807) is 36.4 Å². The number of halogens is 1. The van der Waals surface area contributed by atoms with E-state index in [1.807, 2.05) is 18.2 Å². The highest BCUT2D eigenvalue weighted by atomic mass is 35.5. The minimum absolute atomic E-state index is 0.0301. The van der Waals surface area contributed by atoms with E-state index in [1.165, 1.54) is 0 Å². The Morgan fingerprint density at radius 3 is 2.62 bits per heavy atom. The number of nitrogens with one attached hydrogen (secondary N) is 3. The van der Waals surface area contributed by atoms with E-state index in [-0.39, 0.29) is 29.1 Å². The van der Waals surface area contributed by atoms with Crippen LogP contribution >= 0.6 is 11.6 Å². The van der Waals surface area contributed by atoms with E-state index in [0.29, 0.717) is 11.4 Å². The lowest BCUT2D eigenvalue weighted by atomic mass is 10.0. The summed E-state index contributed by atoms with van der Waals surface area (Å²) in [5.41, 5.74) is 7.02. The van der Waals surface area contributed by atoms with Crippen LogP contribution in [0, 0.1) is 0 Å². The van der Waals surface area contributed by atoms with Crippen molar-refractivity contribution < 1.29 is 13.2 Å². The molecular formula is C18H20ClN3O3S. The van der Waals surface area contributed by atoms with E-state index >= 15 is 0 Å². The number of rotatable bonds is 6. The molecular weight excluding hydrogens is 374 g/mol. The summed E-state index contributed by atoms with van der Waals surface area (Å²) in [5.74, 6) is -0.369. The molecule has 26 heavy (non-hydrogen) atoms. The number of benzene rings is 2. The van der Waals surface area contributed by atoms with Gasteiger partial charge in [-0.25, -0.2) is 19.3 Å². The van der Waals surface area contributed by atoms with Gasteiger partial charge in [0.05, 0.1) is 10.6 Å². The minimum Gasteiger partial charge on any atom is -0.354 e. The zero-order valence-corrected chi connectivity index (χ0v) is 15.6. The number of amides is 1. The molecule has 8 heteroatoms. The Bertz CT molecular complexity index is 874. The molecule has 0 aliphatic carbocycles. The Balaban J connectivity index is 1.50. The fraction of sp³-hybridized carbons (Fsp3) is 0.278. The van der Waals surface area contributed by atoms with E-state index in [4.69, 9.17) is 11.6 Å². The lowest BCUT2D eigenvalue weighted by molar-refractivity contribution is -0.122. The summed E-state index contributed by atoms with van der Waals surface area (Å²) in [5, 5.41) is 3.33. The molecule has 3 N–H and O–H groups in total. The van der Waals surface area contributed by atoms with Gasteiger partial charge in [-0.15, -0.1) is 0 Å². The Morgan fingerprint density at radius 1 is 1.12 bits per heavy atom. The summed E-state index contributed by atoms with van der Waals surface area (Å²) in [6, 6.07) is 15.2. The highest BCUT2D eigenvalue weighted by Gasteiger charge is 2.30. The van der Waals surface area contributed by atoms with Crippen molar-refractivity contribution in [3.8, 4) is 0 Å². The molecule has 1 aliphatic heterocycles. The first-order valence-corrected chi connectivity index (χ1v) is 10.3. The van der Waals surface area contributed by atoms with Crippen molar-refractivity contribution in [2.45, 2.75) is 23.4 Å². The van der Waals surface area contributed by atoms with E-state index in [9.17, 15) is 13.2 Å². The van der Waals surface area contributed by atoms with Gasteiger partial charge in [0.2, 0.25) is 5.91 Å². The zero-order valence-electron chi connectivity index (χ0n) is 14.0. The third-order valence-corrected chi connectivity index (χ3v) is 6.21. The van der Waals surface area contributed by atoms with Crippen molar-refractivity contribution in [1.82, 2.24) is 16.2 Å². The van der Waals surface area contributed by atoms with Crippen LogP contribution in [0.2, 0.25) is 5.02 Å². The topological polar surface area (TPSA) is 87.3 Å². The molecule has 2 aromatic rings. The Labute approximate surface area is 157 Å². The van der Waals surface area contributed by atoms with Crippen LogP contribution in [0.4, 0.5) is 0 Å². The molecule has 0 aromatic heterocycles. The standard InChI is InChI=1S/C18H20ClN3O3S/c19-14-6-4-5-13(11-14)16-12-17(22-21-16)18(23)20-9-10-26(24,25)15-7-2-1-3-8-15/h1-8,11,16-17,21-22H,9-10,12H2,(H,20,23). The largest absolute Gasteiger partial charge is 0.354 e. The molecule has 6 nitrogen and oxygen atoms in total. The van der Waals surface area contributed by atoms with Gasteiger partial charge in [0, 0.05) is 17.6 Å². The molecule has 1 amide bonds. The number of hydrazine groups is 1. The van der Waals surface area contributed by atoms with E-state index in [0.717, 1.165) is 5.56 Å². The van der Waals surface area contributed by atoms with Gasteiger partial charge in [-0.05, 0) is 36.2 Å². The van der Waals surface area contributed by atoms with Crippen molar-refractivity contribution in [3.05, 3.63) is 65.2 Å². The second-order valence-corrected chi connectivity index (χ2v) is 8.65. The molecule has 2 aromatic carbocycles. The highest BCUT2D eigenvalue weighted by molar-refractivity contribution is 7.91. The predicted molar refractivity (Wildman–Crippen MR) is 100 cm³/mol. The third-order valence-electron chi connectivity index (χ3n) is 4.24. The lowest BCUT2D eigenvalue weighted by Gasteiger charge is -2.11. The molecule has 0 spiro atoms. The Kier molecular flexibility index (Phi) is 5.93. The molecule has 1 aliphatic rings. The van der Waals surface area contributed by atoms with Gasteiger partial charge in [0.1, 0.15) is 6.04 Å². The van der Waals surface area contributed by atoms with E-state index < -0.39 is 15.9 Å². The smallest absolute Gasteiger partial charge is 0.238 e. The number of sulfone groups is 1. The second kappa shape index (κ2) is 8.18. The van der Waals surface area contributed by atoms with Gasteiger partial charge in [-0.2, -0.15) is 0 Å². The van der Waals surface area contributed by atoms with Gasteiger partial charge >= 0.3 is 0 Å². The fourth-order valence-corrected chi connectivity index (χ4v) is 4.22. The molecule has 0 saturated carbocycles. The van der Waals surface area contributed by atoms with Gasteiger partial charge in [0.15, 0.2) is 9.84 Å². The van der Waals surface area contributed by atoms with Crippen molar-refractivity contribution in [2.24, 2.45) is 0 Å². The van der Waals surface area contributed by atoms with Crippen molar-refractivity contribution in [3.63, 3.8) is 0 Å². The highest BCUT2D eigenvalue weighted by Crippen LogP contribution is 2.24. The second-order valence-electron chi connectivity index (χ2n) is 6.11. The third kappa shape index (κ3) is 4.62. The van der Waals surface area contributed by atoms with E-state index in [2.05, 4.69) is 16.2 Å². The molecule has 1 saturated heterocycles. The van der Waals surface area contributed by atoms with Gasteiger partial charge in [-0.3, -0.25) is 4.79 Å². The summed E-state index contributed by atoms with van der Waals surface area (Å²) in [6.07, 6.45) is 0.553. The molecule has 138 valence electrons. The van der Waals surface area contributed by atoms with Crippen molar-refractivity contribution in [2.75, 3.05) is 12.3 Å². The summed E-state index contributed by atoms with van der Waals surface area (Å²) in [6.45, 7) is 0.0655. The molecule has 1 heterocycles. The average molecular weight is 394 g/mol. The quantitative estimate of drug-likeness (QED) is 0.697. The summed E-state index contributed by atoms with van der Waals surface area (Å²) < 4.78 is 24.4. The summed E-state index contributed by atoms with van der Waals surface area (Å²) in [7, 11) is -3.40. The number of hydrogen-bond acceptors (Lipinski definition) is 5. The predicted octanol–water partition coefficient (Wildman–Crippen LogP) is 1.84. The number of carbonyl (C=O) groups excluding carboxylic acids is 1. The maximum absolute atomic E-state index is 12.3. The Morgan fingerprint density at radius 2 is 1.88 bits per heavy atom. The molecule has 2 atom stereocenters. The first-order chi connectivity index (χ1) is 12.5. The monoisotopic (exact) mass is 393 g/mol. The van der Waals surface area contributed by atoms with Crippen LogP contribution in [0.3, 0.4) is 0 Å². The summed E-state index contributed by atoms with van der Waals surface area (Å²) >= 11 is 6.00. The molecule has 3 rings (SSSR count). The van der Waals surface area contributed by atoms with Gasteiger partial charge in [-0.1, -0.05) is 41.9 Å². The fourth-order valence-electron chi connectivity index (χ4n) is 2.85. The molecule has 0 bridgehead atoms. The van der Waals surface area contributed by atoms with Crippen LogP contribution in [0.1, 0.15) is 18.0 Å². The van der Waals surface area contributed by atoms with Crippen LogP contribution in [-0.4, -0.2) is 32.7 Å². The van der Waals surface area contributed by atoms with Crippen LogP contribution in [-0.2, 0) is 14.6 Å². The zero-order chi connectivity index (χ0) is 18.6. The van der Waals surface area contributed by atoms with Gasteiger partial charge in [0.25, 0.3) is 0 Å². The SMILES string of the molecule is O=C(NCCS(=O)(=O)c1ccccc1)C1CC(c2cccc(Cl)c2)NN1. The van der Waals surface area contributed by atoms with Crippen LogP contribution in [0.5, 0.6) is 0 Å². The Hall–Kier alpha value is -1.93. The maximum Gasteiger partial charge on any atom is 0.238 e. The maximum atomic E-state index is 12.3. The van der Waals surface area contributed by atoms with Crippen LogP contribution < -0.4 is 16.2 Å². The first kappa shape index (κ1) is 18.8. The summed E-state index contributed by atoms with van der Waals surface area (Å²) in [4.78, 5) is 12.5. The molecule has 2 unspecified atom stereocenters. The van der Waals surface area contributed by atoms with Crippen molar-refractivity contribution >= 4 is 27.3 Å². The molecule has 0 radical (unpaired) electrons. The number of hydrogen-bond donors (Lipinski definition) is 3.